The number of nitrogens with one attached hydrogen (secondary N) is 2. The Morgan fingerprint density at radius 3 is 2.22 bits per heavy atom. The smallest absolute Gasteiger partial charge is 0.407 e. The van der Waals surface area contributed by atoms with Crippen molar-refractivity contribution >= 4 is 18.0 Å². The fourth-order valence-corrected chi connectivity index (χ4v) is 4.45. The van der Waals surface area contributed by atoms with E-state index in [2.05, 4.69) is 34.9 Å². The van der Waals surface area contributed by atoms with E-state index in [1.165, 1.54) is 11.1 Å². The lowest BCUT2D eigenvalue weighted by atomic mass is 9.80. The van der Waals surface area contributed by atoms with Gasteiger partial charge in [0.1, 0.15) is 6.61 Å². The number of carboxylic acids is 1. The zero-order valence-electron chi connectivity index (χ0n) is 18.0. The molecule has 1 unspecified atom stereocenters. The first kappa shape index (κ1) is 21.9. The number of benzene rings is 2. The summed E-state index contributed by atoms with van der Waals surface area (Å²) in [6, 6.07) is 16.3. The molecule has 0 bridgehead atoms. The zero-order chi connectivity index (χ0) is 22.7. The van der Waals surface area contributed by atoms with Crippen LogP contribution in [0.2, 0.25) is 0 Å². The van der Waals surface area contributed by atoms with Gasteiger partial charge in [-0.05, 0) is 41.5 Å². The predicted molar refractivity (Wildman–Crippen MR) is 119 cm³/mol. The van der Waals surface area contributed by atoms with E-state index in [0.717, 1.165) is 11.1 Å². The summed E-state index contributed by atoms with van der Waals surface area (Å²) < 4.78 is 5.50. The number of fused-ring (bicyclic) bond motifs is 3. The van der Waals surface area contributed by atoms with Crippen molar-refractivity contribution in [2.75, 3.05) is 13.2 Å². The molecule has 0 spiro atoms. The molecule has 32 heavy (non-hydrogen) atoms. The van der Waals surface area contributed by atoms with Gasteiger partial charge in [-0.3, -0.25) is 9.59 Å². The molecule has 3 N–H and O–H groups in total. The SMILES string of the molecule is CC(CCNC(=O)OCC1c2ccccc2-c2ccccc21)C(=O)NC1CC(C(=O)O)C1. The standard InChI is InChI=1S/C25H28N2O5/c1-15(23(28)27-17-12-16(13-17)24(29)30)10-11-26-25(31)32-14-22-20-8-4-2-6-18(20)19-7-3-5-9-21(19)22/h2-9,15-17,22H,10-14H2,1H3,(H,26,31)(H,27,28)(H,29,30). The van der Waals surface area contributed by atoms with Crippen LogP contribution >= 0.6 is 0 Å². The summed E-state index contributed by atoms with van der Waals surface area (Å²) >= 11 is 0. The topological polar surface area (TPSA) is 105 Å². The Morgan fingerprint density at radius 2 is 1.62 bits per heavy atom. The van der Waals surface area contributed by atoms with Gasteiger partial charge >= 0.3 is 12.1 Å². The molecule has 1 saturated carbocycles. The van der Waals surface area contributed by atoms with Gasteiger partial charge in [-0.2, -0.15) is 0 Å². The van der Waals surface area contributed by atoms with Crippen LogP contribution < -0.4 is 10.6 Å². The van der Waals surface area contributed by atoms with E-state index in [1.54, 1.807) is 6.92 Å². The third kappa shape index (κ3) is 4.61. The van der Waals surface area contributed by atoms with E-state index >= 15 is 0 Å². The summed E-state index contributed by atoms with van der Waals surface area (Å²) in [6.07, 6.45) is 0.936. The summed E-state index contributed by atoms with van der Waals surface area (Å²) in [4.78, 5) is 35.3. The monoisotopic (exact) mass is 436 g/mol. The van der Waals surface area contributed by atoms with Crippen LogP contribution in [0.3, 0.4) is 0 Å². The number of alkyl carbamates (subject to hydrolysis) is 1. The molecule has 1 fully saturated rings. The minimum atomic E-state index is -0.809. The molecule has 1 atom stereocenters. The molecule has 0 aromatic heterocycles. The molecule has 4 rings (SSSR count). The van der Waals surface area contributed by atoms with Crippen LogP contribution in [0.4, 0.5) is 4.79 Å². The second-order valence-electron chi connectivity index (χ2n) is 8.65. The molecule has 2 aliphatic carbocycles. The Hall–Kier alpha value is -3.35. The average molecular weight is 437 g/mol. The number of ether oxygens (including phenoxy) is 1. The van der Waals surface area contributed by atoms with Gasteiger partial charge in [0.25, 0.3) is 0 Å². The van der Waals surface area contributed by atoms with Crippen LogP contribution in [0.25, 0.3) is 11.1 Å². The zero-order valence-corrected chi connectivity index (χ0v) is 18.0. The van der Waals surface area contributed by atoms with Gasteiger partial charge in [0.2, 0.25) is 5.91 Å². The second-order valence-corrected chi connectivity index (χ2v) is 8.65. The van der Waals surface area contributed by atoms with E-state index in [1.807, 2.05) is 24.3 Å². The van der Waals surface area contributed by atoms with E-state index in [-0.39, 0.29) is 36.3 Å². The van der Waals surface area contributed by atoms with Crippen molar-refractivity contribution in [1.82, 2.24) is 10.6 Å². The molecule has 168 valence electrons. The molecule has 0 heterocycles. The lowest BCUT2D eigenvalue weighted by Crippen LogP contribution is -2.48. The molecule has 2 aromatic carbocycles. The molecule has 2 aliphatic rings. The van der Waals surface area contributed by atoms with Crippen LogP contribution in [0.15, 0.2) is 48.5 Å². The molecule has 2 amide bonds. The van der Waals surface area contributed by atoms with Crippen molar-refractivity contribution in [1.29, 1.82) is 0 Å². The van der Waals surface area contributed by atoms with Crippen molar-refractivity contribution < 1.29 is 24.2 Å². The van der Waals surface area contributed by atoms with Crippen molar-refractivity contribution in [2.24, 2.45) is 11.8 Å². The van der Waals surface area contributed by atoms with Crippen LogP contribution in [0.5, 0.6) is 0 Å². The largest absolute Gasteiger partial charge is 0.481 e. The highest BCUT2D eigenvalue weighted by molar-refractivity contribution is 5.80. The number of amides is 2. The summed E-state index contributed by atoms with van der Waals surface area (Å²) in [5, 5.41) is 14.5. The maximum absolute atomic E-state index is 12.2. The van der Waals surface area contributed by atoms with E-state index < -0.39 is 12.1 Å². The number of carbonyl (C=O) groups is 3. The first-order chi connectivity index (χ1) is 15.4. The normalized spacial score (nSPS) is 19.8. The fraction of sp³-hybridized carbons (Fsp3) is 0.400. The number of aliphatic carboxylic acids is 1. The van der Waals surface area contributed by atoms with Crippen LogP contribution in [-0.2, 0) is 14.3 Å². The molecule has 2 aromatic rings. The van der Waals surface area contributed by atoms with E-state index in [9.17, 15) is 14.4 Å². The van der Waals surface area contributed by atoms with Gasteiger partial charge < -0.3 is 20.5 Å². The average Bonchev–Trinajstić information content (AvgIpc) is 3.07. The van der Waals surface area contributed by atoms with Gasteiger partial charge in [-0.1, -0.05) is 55.5 Å². The summed E-state index contributed by atoms with van der Waals surface area (Å²) in [6.45, 7) is 2.37. The Labute approximate surface area is 187 Å². The lowest BCUT2D eigenvalue weighted by Gasteiger charge is -2.33. The predicted octanol–water partition coefficient (Wildman–Crippen LogP) is 3.53. The Kier molecular flexibility index (Phi) is 6.44. The molecule has 7 heteroatoms. The number of carbonyl (C=O) groups excluding carboxylic acids is 2. The number of hydrogen-bond donors (Lipinski definition) is 3. The Morgan fingerprint density at radius 1 is 1.03 bits per heavy atom. The maximum atomic E-state index is 12.2. The Bertz CT molecular complexity index is 969. The third-order valence-electron chi connectivity index (χ3n) is 6.47. The number of carboxylic acid groups (broad SMARTS) is 1. The van der Waals surface area contributed by atoms with Gasteiger partial charge in [0.15, 0.2) is 0 Å². The highest BCUT2D eigenvalue weighted by Crippen LogP contribution is 2.44. The minimum absolute atomic E-state index is 0.00922. The highest BCUT2D eigenvalue weighted by Gasteiger charge is 2.35. The first-order valence-corrected chi connectivity index (χ1v) is 11.1. The van der Waals surface area contributed by atoms with Crippen molar-refractivity contribution in [3.8, 4) is 11.1 Å². The first-order valence-electron chi connectivity index (χ1n) is 11.1. The van der Waals surface area contributed by atoms with Gasteiger partial charge in [0.05, 0.1) is 5.92 Å². The molecule has 7 nitrogen and oxygen atoms in total. The quantitative estimate of drug-likeness (QED) is 0.587. The van der Waals surface area contributed by atoms with Gasteiger partial charge in [-0.15, -0.1) is 0 Å². The Balaban J connectivity index is 1.20. The fourth-order valence-electron chi connectivity index (χ4n) is 4.45. The summed E-state index contributed by atoms with van der Waals surface area (Å²) in [7, 11) is 0. The molecular formula is C25H28N2O5. The summed E-state index contributed by atoms with van der Waals surface area (Å²) in [5.41, 5.74) is 4.68. The van der Waals surface area contributed by atoms with Crippen LogP contribution in [-0.4, -0.2) is 42.3 Å². The van der Waals surface area contributed by atoms with Crippen molar-refractivity contribution in [3.63, 3.8) is 0 Å². The van der Waals surface area contributed by atoms with Crippen molar-refractivity contribution in [2.45, 2.75) is 38.1 Å². The van der Waals surface area contributed by atoms with Gasteiger partial charge in [-0.25, -0.2) is 4.79 Å². The molecular weight excluding hydrogens is 408 g/mol. The van der Waals surface area contributed by atoms with Crippen LogP contribution in [0, 0.1) is 11.8 Å². The lowest BCUT2D eigenvalue weighted by molar-refractivity contribution is -0.146. The van der Waals surface area contributed by atoms with E-state index in [0.29, 0.717) is 25.8 Å². The van der Waals surface area contributed by atoms with Gasteiger partial charge in [0, 0.05) is 24.4 Å². The third-order valence-corrected chi connectivity index (χ3v) is 6.47. The molecule has 0 aliphatic heterocycles. The van der Waals surface area contributed by atoms with Crippen molar-refractivity contribution in [3.05, 3.63) is 59.7 Å². The molecule has 0 saturated heterocycles. The van der Waals surface area contributed by atoms with E-state index in [4.69, 9.17) is 9.84 Å². The second kappa shape index (κ2) is 9.42. The molecule has 0 radical (unpaired) electrons. The van der Waals surface area contributed by atoms with Crippen LogP contribution in [0.1, 0.15) is 43.2 Å². The number of rotatable bonds is 8. The number of hydrogen-bond acceptors (Lipinski definition) is 4. The summed E-state index contributed by atoms with van der Waals surface area (Å²) in [5.74, 6) is -1.56. The minimum Gasteiger partial charge on any atom is -0.481 e. The highest BCUT2D eigenvalue weighted by atomic mass is 16.5. The maximum Gasteiger partial charge on any atom is 0.407 e.